The van der Waals surface area contributed by atoms with Crippen LogP contribution < -0.4 is 10.2 Å². The lowest BCUT2D eigenvalue weighted by atomic mass is 10.1. The molecule has 8 heteroatoms. The van der Waals surface area contributed by atoms with Crippen LogP contribution >= 0.6 is 0 Å². The van der Waals surface area contributed by atoms with Crippen LogP contribution in [0.3, 0.4) is 0 Å². The quantitative estimate of drug-likeness (QED) is 0.621. The van der Waals surface area contributed by atoms with E-state index in [9.17, 15) is 13.2 Å². The van der Waals surface area contributed by atoms with E-state index < -0.39 is 9.84 Å². The van der Waals surface area contributed by atoms with Gasteiger partial charge in [0.2, 0.25) is 0 Å². The van der Waals surface area contributed by atoms with Gasteiger partial charge in [-0.05, 0) is 48.7 Å². The summed E-state index contributed by atoms with van der Waals surface area (Å²) in [6, 6.07) is 13.2. The SMILES string of the molecule is CCN1CCN(Cc2ccc(CNC(=O)c3ccc(S(C)(=O)=O)cc3N3CCCC3)cc2)CC1. The van der Waals surface area contributed by atoms with Crippen LogP contribution in [0.2, 0.25) is 0 Å². The number of carbonyl (C=O) groups is 1. The normalized spacial score (nSPS) is 17.8. The fraction of sp³-hybridized carbons (Fsp3) is 0.500. The van der Waals surface area contributed by atoms with Crippen LogP contribution in [-0.4, -0.2) is 76.2 Å². The van der Waals surface area contributed by atoms with E-state index in [0.29, 0.717) is 17.8 Å². The first kappa shape index (κ1) is 24.7. The largest absolute Gasteiger partial charge is 0.371 e. The smallest absolute Gasteiger partial charge is 0.253 e. The van der Waals surface area contributed by atoms with Crippen molar-refractivity contribution < 1.29 is 13.2 Å². The molecule has 2 saturated heterocycles. The number of carbonyl (C=O) groups excluding carboxylic acids is 1. The highest BCUT2D eigenvalue weighted by molar-refractivity contribution is 7.90. The monoisotopic (exact) mass is 484 g/mol. The Hall–Kier alpha value is -2.42. The van der Waals surface area contributed by atoms with E-state index in [1.807, 2.05) is 0 Å². The lowest BCUT2D eigenvalue weighted by Crippen LogP contribution is -2.45. The van der Waals surface area contributed by atoms with Gasteiger partial charge in [-0.15, -0.1) is 0 Å². The first-order valence-electron chi connectivity index (χ1n) is 12.2. The Labute approximate surface area is 203 Å². The zero-order valence-corrected chi connectivity index (χ0v) is 21.1. The second kappa shape index (κ2) is 10.9. The molecule has 7 nitrogen and oxygen atoms in total. The highest BCUT2D eigenvalue weighted by Gasteiger charge is 2.22. The highest BCUT2D eigenvalue weighted by Crippen LogP contribution is 2.28. The van der Waals surface area contributed by atoms with Crippen molar-refractivity contribution in [3.05, 3.63) is 59.2 Å². The number of likely N-dealkylation sites (N-methyl/N-ethyl adjacent to an activating group) is 1. The number of rotatable bonds is 8. The van der Waals surface area contributed by atoms with E-state index in [4.69, 9.17) is 0 Å². The van der Waals surface area contributed by atoms with Gasteiger partial charge >= 0.3 is 0 Å². The van der Waals surface area contributed by atoms with Crippen LogP contribution in [0.4, 0.5) is 5.69 Å². The molecule has 0 unspecified atom stereocenters. The minimum Gasteiger partial charge on any atom is -0.371 e. The van der Waals surface area contributed by atoms with Gasteiger partial charge in [-0.2, -0.15) is 0 Å². The number of nitrogens with one attached hydrogen (secondary N) is 1. The number of nitrogens with zero attached hydrogens (tertiary/aromatic N) is 3. The predicted molar refractivity (Wildman–Crippen MR) is 136 cm³/mol. The molecular formula is C26H36N4O3S. The standard InChI is InChI=1S/C26H36N4O3S/c1-3-28-14-16-29(17-15-28)20-22-8-6-21(7-9-22)19-27-26(31)24-11-10-23(34(2,32)33)18-25(24)30-12-4-5-13-30/h6-11,18H,3-5,12-17,19-20H2,1-2H3,(H,27,31). The van der Waals surface area contributed by atoms with E-state index in [0.717, 1.165) is 70.8 Å². The maximum atomic E-state index is 13.0. The lowest BCUT2D eigenvalue weighted by Gasteiger charge is -2.34. The first-order chi connectivity index (χ1) is 16.3. The molecule has 2 heterocycles. The summed E-state index contributed by atoms with van der Waals surface area (Å²) < 4.78 is 24.1. The summed E-state index contributed by atoms with van der Waals surface area (Å²) in [5, 5.41) is 3.02. The Morgan fingerprint density at radius 1 is 0.882 bits per heavy atom. The molecule has 0 spiro atoms. The Balaban J connectivity index is 1.38. The van der Waals surface area contributed by atoms with Crippen molar-refractivity contribution in [3.8, 4) is 0 Å². The third-order valence-electron chi connectivity index (χ3n) is 6.88. The summed E-state index contributed by atoms with van der Waals surface area (Å²) in [4.78, 5) is 20.4. The molecule has 0 aromatic heterocycles. The number of hydrogen-bond acceptors (Lipinski definition) is 6. The van der Waals surface area contributed by atoms with Gasteiger partial charge in [-0.3, -0.25) is 9.69 Å². The van der Waals surface area contributed by atoms with Gasteiger partial charge in [0.05, 0.1) is 16.1 Å². The molecule has 2 aliphatic heterocycles. The van der Waals surface area contributed by atoms with E-state index in [1.165, 1.54) is 17.9 Å². The number of hydrogen-bond donors (Lipinski definition) is 1. The van der Waals surface area contributed by atoms with Gasteiger partial charge in [0.15, 0.2) is 9.84 Å². The van der Waals surface area contributed by atoms with Crippen molar-refractivity contribution in [2.75, 3.05) is 57.0 Å². The zero-order chi connectivity index (χ0) is 24.1. The van der Waals surface area contributed by atoms with E-state index >= 15 is 0 Å². The maximum Gasteiger partial charge on any atom is 0.253 e. The van der Waals surface area contributed by atoms with Crippen LogP contribution in [-0.2, 0) is 22.9 Å². The molecule has 0 saturated carbocycles. The van der Waals surface area contributed by atoms with Gasteiger partial charge in [0.1, 0.15) is 0 Å². The summed E-state index contributed by atoms with van der Waals surface area (Å²) in [5.41, 5.74) is 3.56. The number of sulfone groups is 1. The van der Waals surface area contributed by atoms with Crippen molar-refractivity contribution >= 4 is 21.4 Å². The van der Waals surface area contributed by atoms with Crippen molar-refractivity contribution in [3.63, 3.8) is 0 Å². The fourth-order valence-electron chi connectivity index (χ4n) is 4.72. The Kier molecular flexibility index (Phi) is 7.91. The van der Waals surface area contributed by atoms with Gasteiger partial charge < -0.3 is 15.1 Å². The molecule has 2 aromatic rings. The average molecular weight is 485 g/mol. The average Bonchev–Trinajstić information content (AvgIpc) is 3.38. The van der Waals surface area contributed by atoms with Gasteiger partial charge in [-0.25, -0.2) is 8.42 Å². The molecule has 0 bridgehead atoms. The third kappa shape index (κ3) is 6.17. The van der Waals surface area contributed by atoms with Crippen molar-refractivity contribution in [1.82, 2.24) is 15.1 Å². The zero-order valence-electron chi connectivity index (χ0n) is 20.3. The predicted octanol–water partition coefficient (Wildman–Crippen LogP) is 2.76. The van der Waals surface area contributed by atoms with Gasteiger partial charge in [0, 0.05) is 58.6 Å². The summed E-state index contributed by atoms with van der Waals surface area (Å²) in [6.07, 6.45) is 3.29. The third-order valence-corrected chi connectivity index (χ3v) is 7.99. The molecular weight excluding hydrogens is 448 g/mol. The van der Waals surface area contributed by atoms with Crippen LogP contribution in [0, 0.1) is 0 Å². The molecule has 2 aromatic carbocycles. The Bertz CT molecular complexity index is 1090. The Morgan fingerprint density at radius 3 is 2.12 bits per heavy atom. The minimum absolute atomic E-state index is 0.181. The van der Waals surface area contributed by atoms with E-state index in [1.54, 1.807) is 12.1 Å². The fourth-order valence-corrected chi connectivity index (χ4v) is 5.36. The summed E-state index contributed by atoms with van der Waals surface area (Å²) in [7, 11) is -3.34. The Morgan fingerprint density at radius 2 is 1.50 bits per heavy atom. The summed E-state index contributed by atoms with van der Waals surface area (Å²) >= 11 is 0. The molecule has 0 radical (unpaired) electrons. The summed E-state index contributed by atoms with van der Waals surface area (Å²) in [6.45, 7) is 10.9. The first-order valence-corrected chi connectivity index (χ1v) is 14.1. The van der Waals surface area contributed by atoms with E-state index in [2.05, 4.69) is 51.2 Å². The number of piperazine rings is 1. The van der Waals surface area contributed by atoms with Crippen molar-refractivity contribution in [1.29, 1.82) is 0 Å². The van der Waals surface area contributed by atoms with Crippen LogP contribution in [0.1, 0.15) is 41.3 Å². The van der Waals surface area contributed by atoms with Gasteiger partial charge in [0.25, 0.3) is 5.91 Å². The molecule has 0 aliphatic carbocycles. The molecule has 34 heavy (non-hydrogen) atoms. The summed E-state index contributed by atoms with van der Waals surface area (Å²) in [5.74, 6) is -0.181. The minimum atomic E-state index is -3.34. The highest BCUT2D eigenvalue weighted by atomic mass is 32.2. The second-order valence-corrected chi connectivity index (χ2v) is 11.4. The number of anilines is 1. The van der Waals surface area contributed by atoms with Crippen LogP contribution in [0.15, 0.2) is 47.4 Å². The number of benzene rings is 2. The maximum absolute atomic E-state index is 13.0. The van der Waals surface area contributed by atoms with E-state index in [-0.39, 0.29) is 10.8 Å². The van der Waals surface area contributed by atoms with Crippen LogP contribution in [0.25, 0.3) is 0 Å². The molecule has 2 aliphatic rings. The van der Waals surface area contributed by atoms with Crippen molar-refractivity contribution in [2.24, 2.45) is 0 Å². The topological polar surface area (TPSA) is 73.0 Å². The molecule has 1 N–H and O–H groups in total. The molecule has 2 fully saturated rings. The van der Waals surface area contributed by atoms with Gasteiger partial charge in [-0.1, -0.05) is 31.2 Å². The van der Waals surface area contributed by atoms with Crippen LogP contribution in [0.5, 0.6) is 0 Å². The lowest BCUT2D eigenvalue weighted by molar-refractivity contribution is 0.0951. The molecule has 184 valence electrons. The molecule has 4 rings (SSSR count). The number of amides is 1. The second-order valence-electron chi connectivity index (χ2n) is 9.35. The van der Waals surface area contributed by atoms with Crippen molar-refractivity contribution in [2.45, 2.75) is 37.8 Å². The molecule has 1 amide bonds. The molecule has 0 atom stereocenters.